The molecule has 1 aliphatic heterocycles. The molecule has 0 aromatic heterocycles. The molecule has 1 saturated heterocycles. The lowest BCUT2D eigenvalue weighted by atomic mass is 10.1. The van der Waals surface area contributed by atoms with E-state index in [9.17, 15) is 4.79 Å². The third kappa shape index (κ3) is 4.72. The van der Waals surface area contributed by atoms with Gasteiger partial charge in [-0.3, -0.25) is 9.69 Å². The van der Waals surface area contributed by atoms with Crippen LogP contribution < -0.4 is 10.2 Å². The van der Waals surface area contributed by atoms with E-state index in [1.165, 1.54) is 0 Å². The molecule has 1 fully saturated rings. The van der Waals surface area contributed by atoms with Crippen molar-refractivity contribution in [3.05, 3.63) is 58.1 Å². The highest BCUT2D eigenvalue weighted by Crippen LogP contribution is 2.22. The van der Waals surface area contributed by atoms with Crippen LogP contribution in [0.5, 0.6) is 0 Å². The average molecular weight is 403 g/mol. The van der Waals surface area contributed by atoms with Gasteiger partial charge in [-0.05, 0) is 43.3 Å². The maximum Gasteiger partial charge on any atom is 0.241 e. The molecular formula is C20H20Cl2N4O. The van der Waals surface area contributed by atoms with Crippen LogP contribution in [0.25, 0.3) is 0 Å². The predicted octanol–water partition coefficient (Wildman–Crippen LogP) is 4.01. The van der Waals surface area contributed by atoms with Crippen LogP contribution in [0.3, 0.4) is 0 Å². The molecule has 0 bridgehead atoms. The van der Waals surface area contributed by atoms with Crippen LogP contribution in [-0.2, 0) is 4.79 Å². The summed E-state index contributed by atoms with van der Waals surface area (Å²) in [5.41, 5.74) is 2.08. The molecule has 27 heavy (non-hydrogen) atoms. The van der Waals surface area contributed by atoms with Crippen LogP contribution in [0.15, 0.2) is 42.5 Å². The number of hydrogen-bond donors (Lipinski definition) is 1. The SMILES string of the molecule is C[C@H](C(=O)Nc1ccc(C#N)c(Cl)c1)N1CCN(c2cccc(Cl)c2)CC1. The molecule has 0 radical (unpaired) electrons. The van der Waals surface area contributed by atoms with E-state index in [2.05, 4.69) is 15.1 Å². The molecule has 7 heteroatoms. The van der Waals surface area contributed by atoms with E-state index in [1.807, 2.05) is 37.3 Å². The highest BCUT2D eigenvalue weighted by atomic mass is 35.5. The van der Waals surface area contributed by atoms with Crippen molar-refractivity contribution in [1.82, 2.24) is 4.90 Å². The molecule has 0 aliphatic carbocycles. The van der Waals surface area contributed by atoms with Gasteiger partial charge in [0.1, 0.15) is 6.07 Å². The normalized spacial score (nSPS) is 15.9. The number of carbonyl (C=O) groups is 1. The molecule has 2 aromatic carbocycles. The van der Waals surface area contributed by atoms with Gasteiger partial charge in [-0.1, -0.05) is 29.3 Å². The number of piperazine rings is 1. The molecule has 140 valence electrons. The second-order valence-electron chi connectivity index (χ2n) is 6.47. The van der Waals surface area contributed by atoms with Gasteiger partial charge >= 0.3 is 0 Å². The van der Waals surface area contributed by atoms with Crippen molar-refractivity contribution >= 4 is 40.5 Å². The second-order valence-corrected chi connectivity index (χ2v) is 7.32. The first-order valence-corrected chi connectivity index (χ1v) is 9.48. The fraction of sp³-hybridized carbons (Fsp3) is 0.300. The largest absolute Gasteiger partial charge is 0.369 e. The molecule has 0 unspecified atom stereocenters. The fourth-order valence-corrected chi connectivity index (χ4v) is 3.54. The zero-order chi connectivity index (χ0) is 19.4. The van der Waals surface area contributed by atoms with Crippen molar-refractivity contribution in [3.63, 3.8) is 0 Å². The Morgan fingerprint density at radius 2 is 1.89 bits per heavy atom. The Labute approximate surface area is 169 Å². The smallest absolute Gasteiger partial charge is 0.241 e. The van der Waals surface area contributed by atoms with Crippen LogP contribution >= 0.6 is 23.2 Å². The van der Waals surface area contributed by atoms with Crippen LogP contribution in [0.1, 0.15) is 12.5 Å². The van der Waals surface area contributed by atoms with Crippen LogP contribution in [0, 0.1) is 11.3 Å². The van der Waals surface area contributed by atoms with Crippen LogP contribution in [0.2, 0.25) is 10.0 Å². The third-order valence-corrected chi connectivity index (χ3v) is 5.32. The lowest BCUT2D eigenvalue weighted by Crippen LogP contribution is -2.52. The second kappa shape index (κ2) is 8.62. The first-order valence-electron chi connectivity index (χ1n) is 8.73. The molecule has 1 atom stereocenters. The number of nitrogens with zero attached hydrogens (tertiary/aromatic N) is 3. The number of amides is 1. The fourth-order valence-electron chi connectivity index (χ4n) is 3.14. The Kier molecular flexibility index (Phi) is 6.22. The van der Waals surface area contributed by atoms with Gasteiger partial charge in [-0.2, -0.15) is 5.26 Å². The van der Waals surface area contributed by atoms with Crippen molar-refractivity contribution in [2.24, 2.45) is 0 Å². The van der Waals surface area contributed by atoms with E-state index in [-0.39, 0.29) is 11.9 Å². The third-order valence-electron chi connectivity index (χ3n) is 4.77. The quantitative estimate of drug-likeness (QED) is 0.838. The molecule has 1 aliphatic rings. The Hall–Kier alpha value is -2.26. The zero-order valence-corrected chi connectivity index (χ0v) is 16.5. The highest BCUT2D eigenvalue weighted by molar-refractivity contribution is 6.32. The van der Waals surface area contributed by atoms with Crippen LogP contribution in [0.4, 0.5) is 11.4 Å². The van der Waals surface area contributed by atoms with Crippen molar-refractivity contribution in [2.75, 3.05) is 36.4 Å². The number of halogens is 2. The molecule has 1 amide bonds. The van der Waals surface area contributed by atoms with E-state index < -0.39 is 0 Å². The summed E-state index contributed by atoms with van der Waals surface area (Å²) in [5.74, 6) is -0.0908. The average Bonchev–Trinajstić information content (AvgIpc) is 2.67. The number of nitrogens with one attached hydrogen (secondary N) is 1. The number of benzene rings is 2. The van der Waals surface area contributed by atoms with Crippen molar-refractivity contribution in [1.29, 1.82) is 5.26 Å². The molecular weight excluding hydrogens is 383 g/mol. The lowest BCUT2D eigenvalue weighted by molar-refractivity contribution is -0.120. The Bertz CT molecular complexity index is 873. The molecule has 5 nitrogen and oxygen atoms in total. The topological polar surface area (TPSA) is 59.4 Å². The summed E-state index contributed by atoms with van der Waals surface area (Å²) in [6.07, 6.45) is 0. The lowest BCUT2D eigenvalue weighted by Gasteiger charge is -2.38. The summed E-state index contributed by atoms with van der Waals surface area (Å²) in [6, 6.07) is 14.5. The minimum absolute atomic E-state index is 0.0908. The standard InChI is InChI=1S/C20H20Cl2N4O/c1-14(20(27)24-17-6-5-15(13-23)19(22)12-17)25-7-9-26(10-8-25)18-4-2-3-16(21)11-18/h2-6,11-12,14H,7-10H2,1H3,(H,24,27)/t14-/m1/s1. The maximum atomic E-state index is 12.6. The zero-order valence-electron chi connectivity index (χ0n) is 15.0. The first-order chi connectivity index (χ1) is 13.0. The predicted molar refractivity (Wildman–Crippen MR) is 109 cm³/mol. The molecule has 1 heterocycles. The Morgan fingerprint density at radius 1 is 1.15 bits per heavy atom. The van der Waals surface area contributed by atoms with Gasteiger partial charge in [0, 0.05) is 42.6 Å². The monoisotopic (exact) mass is 402 g/mol. The first kappa shape index (κ1) is 19.5. The highest BCUT2D eigenvalue weighted by Gasteiger charge is 2.26. The van der Waals surface area contributed by atoms with Gasteiger partial charge in [0.15, 0.2) is 0 Å². The summed E-state index contributed by atoms with van der Waals surface area (Å²) >= 11 is 12.1. The number of rotatable bonds is 4. The van der Waals surface area contributed by atoms with Gasteiger partial charge in [-0.15, -0.1) is 0 Å². The number of anilines is 2. The van der Waals surface area contributed by atoms with E-state index in [1.54, 1.807) is 18.2 Å². The number of nitriles is 1. The molecule has 1 N–H and O–H groups in total. The van der Waals surface area contributed by atoms with E-state index in [4.69, 9.17) is 28.5 Å². The van der Waals surface area contributed by atoms with Crippen molar-refractivity contribution in [2.45, 2.75) is 13.0 Å². The Morgan fingerprint density at radius 3 is 2.52 bits per heavy atom. The van der Waals surface area contributed by atoms with Crippen molar-refractivity contribution in [3.8, 4) is 6.07 Å². The Balaban J connectivity index is 1.57. The summed E-state index contributed by atoms with van der Waals surface area (Å²) < 4.78 is 0. The van der Waals surface area contributed by atoms with Gasteiger partial charge in [0.25, 0.3) is 0 Å². The van der Waals surface area contributed by atoms with Crippen LogP contribution in [-0.4, -0.2) is 43.0 Å². The molecule has 0 spiro atoms. The number of carbonyl (C=O) groups excluding carboxylic acids is 1. The van der Waals surface area contributed by atoms with E-state index in [0.29, 0.717) is 16.3 Å². The van der Waals surface area contributed by atoms with Crippen molar-refractivity contribution < 1.29 is 4.79 Å². The number of hydrogen-bond acceptors (Lipinski definition) is 4. The maximum absolute atomic E-state index is 12.6. The summed E-state index contributed by atoms with van der Waals surface area (Å²) in [7, 11) is 0. The summed E-state index contributed by atoms with van der Waals surface area (Å²) in [4.78, 5) is 17.0. The summed E-state index contributed by atoms with van der Waals surface area (Å²) in [5, 5.41) is 12.9. The summed E-state index contributed by atoms with van der Waals surface area (Å²) in [6.45, 7) is 5.14. The van der Waals surface area contributed by atoms with Gasteiger partial charge in [0.05, 0.1) is 16.6 Å². The van der Waals surface area contributed by atoms with E-state index in [0.717, 1.165) is 36.9 Å². The van der Waals surface area contributed by atoms with E-state index >= 15 is 0 Å². The minimum Gasteiger partial charge on any atom is -0.369 e. The molecule has 0 saturated carbocycles. The molecule has 3 rings (SSSR count). The molecule has 2 aromatic rings. The minimum atomic E-state index is -0.263. The van der Waals surface area contributed by atoms with Gasteiger partial charge in [-0.25, -0.2) is 0 Å². The van der Waals surface area contributed by atoms with Gasteiger partial charge < -0.3 is 10.2 Å². The van der Waals surface area contributed by atoms with Gasteiger partial charge in [0.2, 0.25) is 5.91 Å².